The summed E-state index contributed by atoms with van der Waals surface area (Å²) in [5, 5.41) is 6.45. The van der Waals surface area contributed by atoms with Gasteiger partial charge in [-0.3, -0.25) is 4.79 Å². The average molecular weight is 411 g/mol. The second kappa shape index (κ2) is 12.0. The summed E-state index contributed by atoms with van der Waals surface area (Å²) in [4.78, 5) is 19.9. The molecule has 0 aromatic heterocycles. The average Bonchev–Trinajstić information content (AvgIpc) is 2.45. The van der Waals surface area contributed by atoms with E-state index in [2.05, 4.69) is 20.5 Å². The number of guanidine groups is 1. The molecule has 0 aromatic carbocycles. The summed E-state index contributed by atoms with van der Waals surface area (Å²) in [7, 11) is 3.49. The Morgan fingerprint density at radius 3 is 2.43 bits per heavy atom. The van der Waals surface area contributed by atoms with Crippen molar-refractivity contribution in [3.05, 3.63) is 0 Å². The van der Waals surface area contributed by atoms with Crippen molar-refractivity contribution in [2.24, 2.45) is 4.99 Å². The fourth-order valence-corrected chi connectivity index (χ4v) is 2.15. The fraction of sp³-hybridized carbons (Fsp3) is 0.857. The van der Waals surface area contributed by atoms with Crippen LogP contribution in [0.5, 0.6) is 0 Å². The number of hydrogen-bond acceptors (Lipinski definition) is 3. The van der Waals surface area contributed by atoms with Gasteiger partial charge in [0.25, 0.3) is 0 Å². The van der Waals surface area contributed by atoms with Gasteiger partial charge in [0.05, 0.1) is 0 Å². The molecule has 1 amide bonds. The zero-order valence-electron chi connectivity index (χ0n) is 13.5. The lowest BCUT2D eigenvalue weighted by Crippen LogP contribution is -2.43. The molecule has 0 atom stereocenters. The van der Waals surface area contributed by atoms with Crippen LogP contribution < -0.4 is 10.6 Å². The molecule has 0 spiro atoms. The topological polar surface area (TPSA) is 60.0 Å². The largest absolute Gasteiger partial charge is 0.357 e. The maximum Gasteiger partial charge on any atom is 0.243 e. The van der Waals surface area contributed by atoms with E-state index in [4.69, 9.17) is 0 Å². The van der Waals surface area contributed by atoms with E-state index < -0.39 is 0 Å². The monoisotopic (exact) mass is 411 g/mol. The third-order valence-corrected chi connectivity index (χ3v) is 3.38. The number of carbonyl (C=O) groups is 1. The minimum Gasteiger partial charge on any atom is -0.357 e. The van der Waals surface area contributed by atoms with E-state index >= 15 is 0 Å². The minimum atomic E-state index is 0. The van der Waals surface area contributed by atoms with Gasteiger partial charge in [-0.1, -0.05) is 6.42 Å². The molecule has 124 valence electrons. The van der Waals surface area contributed by atoms with Crippen molar-refractivity contribution in [1.82, 2.24) is 20.4 Å². The number of hydrogen-bond donors (Lipinski definition) is 2. The molecule has 1 saturated heterocycles. The molecule has 1 fully saturated rings. The number of likely N-dealkylation sites (tertiary alicyclic amines) is 1. The van der Waals surface area contributed by atoms with Crippen molar-refractivity contribution in [1.29, 1.82) is 0 Å². The lowest BCUT2D eigenvalue weighted by Gasteiger charge is -2.26. The van der Waals surface area contributed by atoms with E-state index in [-0.39, 0.29) is 36.4 Å². The molecule has 0 unspecified atom stereocenters. The van der Waals surface area contributed by atoms with E-state index in [9.17, 15) is 4.79 Å². The van der Waals surface area contributed by atoms with Crippen LogP contribution in [0.1, 0.15) is 26.2 Å². The first kappa shape index (κ1) is 20.4. The molecule has 0 bridgehead atoms. The van der Waals surface area contributed by atoms with Gasteiger partial charge in [0, 0.05) is 33.7 Å². The Morgan fingerprint density at radius 1 is 1.19 bits per heavy atom. The molecule has 0 radical (unpaired) electrons. The number of piperidine rings is 1. The van der Waals surface area contributed by atoms with Crippen LogP contribution in [0.15, 0.2) is 4.99 Å². The third kappa shape index (κ3) is 9.13. The van der Waals surface area contributed by atoms with Gasteiger partial charge in [-0.2, -0.15) is 0 Å². The van der Waals surface area contributed by atoms with Crippen LogP contribution in [-0.4, -0.2) is 75.0 Å². The van der Waals surface area contributed by atoms with Crippen molar-refractivity contribution < 1.29 is 4.79 Å². The van der Waals surface area contributed by atoms with Gasteiger partial charge in [0.1, 0.15) is 6.54 Å². The number of amides is 1. The van der Waals surface area contributed by atoms with Gasteiger partial charge in [0.2, 0.25) is 5.91 Å². The van der Waals surface area contributed by atoms with Crippen molar-refractivity contribution in [3.63, 3.8) is 0 Å². The SMILES string of the molecule is CCNC(=NCC(=O)N(C)C)NCCN1CCCCC1.I. The number of halogens is 1. The van der Waals surface area contributed by atoms with Gasteiger partial charge in [-0.05, 0) is 32.9 Å². The second-order valence-electron chi connectivity index (χ2n) is 5.31. The lowest BCUT2D eigenvalue weighted by atomic mass is 10.1. The quantitative estimate of drug-likeness (QED) is 0.385. The van der Waals surface area contributed by atoms with Crippen LogP contribution in [0.2, 0.25) is 0 Å². The summed E-state index contributed by atoms with van der Waals surface area (Å²) in [5.41, 5.74) is 0. The molecule has 0 saturated carbocycles. The van der Waals surface area contributed by atoms with E-state index in [1.807, 2.05) is 6.92 Å². The normalized spacial score (nSPS) is 16.0. The Balaban J connectivity index is 0.00000400. The highest BCUT2D eigenvalue weighted by molar-refractivity contribution is 14.0. The van der Waals surface area contributed by atoms with E-state index in [0.717, 1.165) is 25.6 Å². The molecule has 21 heavy (non-hydrogen) atoms. The molecule has 0 aromatic rings. The van der Waals surface area contributed by atoms with Gasteiger partial charge in [-0.15, -0.1) is 24.0 Å². The first-order chi connectivity index (χ1) is 9.63. The summed E-state index contributed by atoms with van der Waals surface area (Å²) < 4.78 is 0. The Labute approximate surface area is 145 Å². The number of carbonyl (C=O) groups excluding carboxylic acids is 1. The molecule has 1 heterocycles. The Bertz CT molecular complexity index is 316. The summed E-state index contributed by atoms with van der Waals surface area (Å²) in [6.45, 7) is 7.31. The van der Waals surface area contributed by atoms with Crippen LogP contribution in [0.3, 0.4) is 0 Å². The van der Waals surface area contributed by atoms with Crippen LogP contribution in [0.25, 0.3) is 0 Å². The number of nitrogens with zero attached hydrogens (tertiary/aromatic N) is 3. The molecule has 7 heteroatoms. The van der Waals surface area contributed by atoms with Crippen LogP contribution in [0, 0.1) is 0 Å². The lowest BCUT2D eigenvalue weighted by molar-refractivity contribution is -0.127. The highest BCUT2D eigenvalue weighted by Crippen LogP contribution is 2.07. The molecular formula is C14H30IN5O. The summed E-state index contributed by atoms with van der Waals surface area (Å²) in [6.07, 6.45) is 3.98. The van der Waals surface area contributed by atoms with Crippen molar-refractivity contribution in [2.75, 3.05) is 53.4 Å². The molecule has 1 aliphatic rings. The summed E-state index contributed by atoms with van der Waals surface area (Å²) in [6, 6.07) is 0. The predicted octanol–water partition coefficient (Wildman–Crippen LogP) is 0.734. The molecular weight excluding hydrogens is 381 g/mol. The number of aliphatic imine (C=N–C) groups is 1. The molecule has 6 nitrogen and oxygen atoms in total. The predicted molar refractivity (Wildman–Crippen MR) is 98.4 cm³/mol. The maximum absolute atomic E-state index is 11.5. The van der Waals surface area contributed by atoms with E-state index in [0.29, 0.717) is 0 Å². The smallest absolute Gasteiger partial charge is 0.243 e. The van der Waals surface area contributed by atoms with Gasteiger partial charge in [-0.25, -0.2) is 4.99 Å². The highest BCUT2D eigenvalue weighted by Gasteiger charge is 2.09. The standard InChI is InChI=1S/C14H29N5O.HI/c1-4-15-14(17-12-13(20)18(2)3)16-8-11-19-9-6-5-7-10-19;/h4-12H2,1-3H3,(H2,15,16,17);1H. The highest BCUT2D eigenvalue weighted by atomic mass is 127. The number of rotatable bonds is 6. The number of likely N-dealkylation sites (N-methyl/N-ethyl adjacent to an activating group) is 1. The van der Waals surface area contributed by atoms with Crippen molar-refractivity contribution in [3.8, 4) is 0 Å². The first-order valence-corrected chi connectivity index (χ1v) is 7.58. The zero-order chi connectivity index (χ0) is 14.8. The van der Waals surface area contributed by atoms with Crippen LogP contribution in [-0.2, 0) is 4.79 Å². The molecule has 2 N–H and O–H groups in total. The Hall–Kier alpha value is -0.570. The summed E-state index contributed by atoms with van der Waals surface area (Å²) in [5.74, 6) is 0.734. The van der Waals surface area contributed by atoms with Crippen molar-refractivity contribution in [2.45, 2.75) is 26.2 Å². The van der Waals surface area contributed by atoms with Gasteiger partial charge in [0.15, 0.2) is 5.96 Å². The molecule has 1 aliphatic heterocycles. The Kier molecular flexibility index (Phi) is 11.7. The second-order valence-corrected chi connectivity index (χ2v) is 5.31. The van der Waals surface area contributed by atoms with E-state index in [1.165, 1.54) is 32.4 Å². The summed E-state index contributed by atoms with van der Waals surface area (Å²) >= 11 is 0. The zero-order valence-corrected chi connectivity index (χ0v) is 15.9. The maximum atomic E-state index is 11.5. The van der Waals surface area contributed by atoms with Crippen LogP contribution in [0.4, 0.5) is 0 Å². The van der Waals surface area contributed by atoms with Crippen molar-refractivity contribution >= 4 is 35.8 Å². The molecule has 0 aliphatic carbocycles. The first-order valence-electron chi connectivity index (χ1n) is 7.58. The molecule has 1 rings (SSSR count). The Morgan fingerprint density at radius 2 is 1.86 bits per heavy atom. The van der Waals surface area contributed by atoms with Gasteiger partial charge >= 0.3 is 0 Å². The van der Waals surface area contributed by atoms with Gasteiger partial charge < -0.3 is 20.4 Å². The minimum absolute atomic E-state index is 0. The fourth-order valence-electron chi connectivity index (χ4n) is 2.15. The van der Waals surface area contributed by atoms with E-state index in [1.54, 1.807) is 19.0 Å². The third-order valence-electron chi connectivity index (χ3n) is 3.38. The van der Waals surface area contributed by atoms with Crippen LogP contribution >= 0.6 is 24.0 Å². The number of nitrogens with one attached hydrogen (secondary N) is 2.